The minimum atomic E-state index is 0.819. The van der Waals surface area contributed by atoms with Crippen molar-refractivity contribution in [1.82, 2.24) is 15.0 Å². The Morgan fingerprint density at radius 3 is 1.79 bits per heavy atom. The van der Waals surface area contributed by atoms with Crippen LogP contribution in [0.1, 0.15) is 0 Å². The number of benzene rings is 6. The summed E-state index contributed by atoms with van der Waals surface area (Å²) in [6.45, 7) is 0. The molecule has 10 rings (SSSR count). The highest BCUT2D eigenvalue weighted by molar-refractivity contribution is 6.30. The summed E-state index contributed by atoms with van der Waals surface area (Å²) in [6.07, 6.45) is 0. The zero-order valence-electron chi connectivity index (χ0n) is 25.2. The fourth-order valence-electron chi connectivity index (χ4n) is 7.02. The predicted molar refractivity (Wildman–Crippen MR) is 193 cm³/mol. The lowest BCUT2D eigenvalue weighted by atomic mass is 9.93. The average Bonchev–Trinajstić information content (AvgIpc) is 3.54. The van der Waals surface area contributed by atoms with Crippen LogP contribution < -0.4 is 0 Å². The van der Waals surface area contributed by atoms with Gasteiger partial charge in [0.2, 0.25) is 0 Å². The Labute approximate surface area is 269 Å². The van der Waals surface area contributed by atoms with Gasteiger partial charge in [0, 0.05) is 54.4 Å². The second kappa shape index (κ2) is 10.1. The summed E-state index contributed by atoms with van der Waals surface area (Å²) in [5.74, 6) is 0. The van der Waals surface area contributed by atoms with Crippen LogP contribution in [0.15, 0.2) is 156 Å². The third-order valence-electron chi connectivity index (χ3n) is 9.22. The van der Waals surface area contributed by atoms with Gasteiger partial charge in [-0.05, 0) is 30.3 Å². The van der Waals surface area contributed by atoms with Crippen LogP contribution in [-0.2, 0) is 0 Å². The first-order valence-corrected chi connectivity index (χ1v) is 15.8. The third kappa shape index (κ3) is 3.98. The zero-order valence-corrected chi connectivity index (χ0v) is 25.2. The lowest BCUT2D eigenvalue weighted by Crippen LogP contribution is -1.94. The van der Waals surface area contributed by atoms with E-state index in [2.05, 4.69) is 115 Å². The van der Waals surface area contributed by atoms with E-state index in [4.69, 9.17) is 19.4 Å². The van der Waals surface area contributed by atoms with Crippen molar-refractivity contribution in [2.24, 2.45) is 0 Å². The van der Waals surface area contributed by atoms with Crippen molar-refractivity contribution in [1.29, 1.82) is 0 Å². The van der Waals surface area contributed by atoms with Gasteiger partial charge in [0.1, 0.15) is 11.2 Å². The molecule has 0 saturated carbocycles. The van der Waals surface area contributed by atoms with Crippen LogP contribution in [0.3, 0.4) is 0 Å². The number of hydrogen-bond donors (Lipinski definition) is 0. The van der Waals surface area contributed by atoms with Crippen molar-refractivity contribution >= 4 is 65.4 Å². The van der Waals surface area contributed by atoms with E-state index in [1.54, 1.807) is 0 Å². The van der Waals surface area contributed by atoms with Crippen molar-refractivity contribution < 1.29 is 4.42 Å². The van der Waals surface area contributed by atoms with E-state index < -0.39 is 0 Å². The Hall–Kier alpha value is -6.39. The minimum absolute atomic E-state index is 0.819. The summed E-state index contributed by atoms with van der Waals surface area (Å²) in [6, 6.07) is 52.3. The van der Waals surface area contributed by atoms with Crippen LogP contribution in [0.25, 0.3) is 99.2 Å². The van der Waals surface area contributed by atoms with Gasteiger partial charge >= 0.3 is 0 Å². The van der Waals surface area contributed by atoms with Gasteiger partial charge in [-0.25, -0.2) is 15.0 Å². The summed E-state index contributed by atoms with van der Waals surface area (Å²) in [4.78, 5) is 15.8. The molecule has 0 spiro atoms. The zero-order chi connectivity index (χ0) is 30.9. The lowest BCUT2D eigenvalue weighted by Gasteiger charge is -2.14. The van der Waals surface area contributed by atoms with E-state index in [0.717, 1.165) is 99.2 Å². The van der Waals surface area contributed by atoms with Crippen LogP contribution in [0.2, 0.25) is 0 Å². The first kappa shape index (κ1) is 25.9. The molecular formula is C43H25N3O. The Balaban J connectivity index is 1.33. The van der Waals surface area contributed by atoms with E-state index in [9.17, 15) is 0 Å². The van der Waals surface area contributed by atoms with Gasteiger partial charge in [-0.2, -0.15) is 0 Å². The SMILES string of the molecule is c1ccc(-c2ccc3ccc4ccc(-c5cc6c(-c7ccccc7)nc7ccccc7c6c6c5oc5ccccc56)nc4c3n2)cc1. The molecule has 0 fully saturated rings. The number of furan rings is 1. The molecule has 4 heterocycles. The van der Waals surface area contributed by atoms with E-state index in [1.807, 2.05) is 36.4 Å². The number of nitrogens with zero attached hydrogens (tertiary/aromatic N) is 3. The standard InChI is InChI=1S/C43H25N3O/c1-3-11-26(12-4-1)34-23-21-28-19-20-29-22-24-36(46-42(29)41(28)44-34)32-25-33-38(39-31-16-8-10-18-37(31)47-43(32)39)30-15-7-9-17-35(30)45-40(33)27-13-5-2-6-14-27/h1-25H. The first-order valence-electron chi connectivity index (χ1n) is 15.8. The summed E-state index contributed by atoms with van der Waals surface area (Å²) >= 11 is 0. The van der Waals surface area contributed by atoms with E-state index >= 15 is 0 Å². The molecule has 218 valence electrons. The maximum Gasteiger partial charge on any atom is 0.145 e. The largest absolute Gasteiger partial charge is 0.455 e. The molecular weight excluding hydrogens is 574 g/mol. The highest BCUT2D eigenvalue weighted by Crippen LogP contribution is 2.45. The fourth-order valence-corrected chi connectivity index (χ4v) is 7.02. The Morgan fingerprint density at radius 2 is 1.02 bits per heavy atom. The molecule has 0 amide bonds. The van der Waals surface area contributed by atoms with Crippen molar-refractivity contribution in [3.8, 4) is 33.8 Å². The summed E-state index contributed by atoms with van der Waals surface area (Å²) in [5, 5.41) is 7.54. The molecule has 0 radical (unpaired) electrons. The number of fused-ring (bicyclic) bond motifs is 10. The Bertz CT molecular complexity index is 2840. The van der Waals surface area contributed by atoms with Crippen molar-refractivity contribution in [3.63, 3.8) is 0 Å². The molecule has 6 aromatic carbocycles. The molecule has 4 nitrogen and oxygen atoms in total. The molecule has 47 heavy (non-hydrogen) atoms. The van der Waals surface area contributed by atoms with E-state index in [-0.39, 0.29) is 0 Å². The van der Waals surface area contributed by atoms with Gasteiger partial charge in [0.25, 0.3) is 0 Å². The van der Waals surface area contributed by atoms with Crippen molar-refractivity contribution in [3.05, 3.63) is 152 Å². The van der Waals surface area contributed by atoms with Crippen LogP contribution >= 0.6 is 0 Å². The normalized spacial score (nSPS) is 11.8. The quantitative estimate of drug-likeness (QED) is 0.190. The number of pyridine rings is 3. The second-order valence-corrected chi connectivity index (χ2v) is 12.0. The molecule has 4 heteroatoms. The Kier molecular flexibility index (Phi) is 5.54. The highest BCUT2D eigenvalue weighted by atomic mass is 16.3. The molecule has 0 aliphatic carbocycles. The number of aromatic nitrogens is 3. The maximum absolute atomic E-state index is 6.74. The molecule has 0 N–H and O–H groups in total. The van der Waals surface area contributed by atoms with Crippen molar-refractivity contribution in [2.45, 2.75) is 0 Å². The average molecular weight is 600 g/mol. The maximum atomic E-state index is 6.74. The highest BCUT2D eigenvalue weighted by Gasteiger charge is 2.22. The minimum Gasteiger partial charge on any atom is -0.455 e. The van der Waals surface area contributed by atoms with Crippen molar-refractivity contribution in [2.75, 3.05) is 0 Å². The predicted octanol–water partition coefficient (Wildman–Crippen LogP) is 11.4. The molecule has 0 saturated heterocycles. The summed E-state index contributed by atoms with van der Waals surface area (Å²) in [7, 11) is 0. The van der Waals surface area contributed by atoms with Gasteiger partial charge in [-0.15, -0.1) is 0 Å². The van der Waals surface area contributed by atoms with Gasteiger partial charge in [-0.1, -0.05) is 121 Å². The van der Waals surface area contributed by atoms with Crippen LogP contribution in [0.5, 0.6) is 0 Å². The van der Waals surface area contributed by atoms with Gasteiger partial charge in [-0.3, -0.25) is 0 Å². The third-order valence-corrected chi connectivity index (χ3v) is 9.22. The van der Waals surface area contributed by atoms with Gasteiger partial charge < -0.3 is 4.42 Å². The first-order chi connectivity index (χ1) is 23.3. The number of hydrogen-bond acceptors (Lipinski definition) is 4. The molecule has 4 aromatic heterocycles. The topological polar surface area (TPSA) is 51.8 Å². The Morgan fingerprint density at radius 1 is 0.426 bits per heavy atom. The molecule has 10 aromatic rings. The fraction of sp³-hybridized carbons (Fsp3) is 0. The lowest BCUT2D eigenvalue weighted by molar-refractivity contribution is 0.670. The summed E-state index contributed by atoms with van der Waals surface area (Å²) in [5.41, 5.74) is 10.1. The van der Waals surface area contributed by atoms with Crippen LogP contribution in [0.4, 0.5) is 0 Å². The molecule has 0 unspecified atom stereocenters. The van der Waals surface area contributed by atoms with E-state index in [0.29, 0.717) is 0 Å². The van der Waals surface area contributed by atoms with Gasteiger partial charge in [0.15, 0.2) is 0 Å². The second-order valence-electron chi connectivity index (χ2n) is 12.0. The van der Waals surface area contributed by atoms with Crippen LogP contribution in [0, 0.1) is 0 Å². The van der Waals surface area contributed by atoms with E-state index in [1.165, 1.54) is 0 Å². The monoisotopic (exact) mass is 599 g/mol. The molecule has 0 aliphatic rings. The number of para-hydroxylation sites is 2. The molecule has 0 aliphatic heterocycles. The van der Waals surface area contributed by atoms with Gasteiger partial charge in [0.05, 0.1) is 33.6 Å². The smallest absolute Gasteiger partial charge is 0.145 e. The summed E-state index contributed by atoms with van der Waals surface area (Å²) < 4.78 is 6.74. The van der Waals surface area contributed by atoms with Crippen LogP contribution in [-0.4, -0.2) is 15.0 Å². The molecule has 0 bridgehead atoms. The number of rotatable bonds is 3. The molecule has 0 atom stereocenters.